The summed E-state index contributed by atoms with van der Waals surface area (Å²) in [4.78, 5) is 28.5. The maximum atomic E-state index is 12.3. The lowest BCUT2D eigenvalue weighted by atomic mass is 10.1. The minimum atomic E-state index is -1.67. The minimum Gasteiger partial charge on any atom is -0.459 e. The highest BCUT2D eigenvalue weighted by Crippen LogP contribution is 2.25. The number of hydrogen-bond donors (Lipinski definition) is 0. The molecule has 0 radical (unpaired) electrons. The fraction of sp³-hybridized carbons (Fsp3) is 0.167. The lowest BCUT2D eigenvalue weighted by Crippen LogP contribution is -2.40. The highest BCUT2D eigenvalue weighted by Gasteiger charge is 2.50. The quantitative estimate of drug-likeness (QED) is 0.643. The van der Waals surface area contributed by atoms with Crippen molar-refractivity contribution in [3.63, 3.8) is 0 Å². The average molecular weight is 309 g/mol. The molecule has 0 N–H and O–H groups in total. The van der Waals surface area contributed by atoms with Crippen molar-refractivity contribution in [2.75, 3.05) is 0 Å². The summed E-state index contributed by atoms with van der Waals surface area (Å²) in [5, 5.41) is 0. The monoisotopic (exact) mass is 309 g/mol. The first-order valence-electron chi connectivity index (χ1n) is 7.18. The van der Waals surface area contributed by atoms with E-state index in [4.69, 9.17) is 9.47 Å². The van der Waals surface area contributed by atoms with Gasteiger partial charge < -0.3 is 9.47 Å². The van der Waals surface area contributed by atoms with Crippen LogP contribution in [0, 0.1) is 0 Å². The van der Waals surface area contributed by atoms with Crippen molar-refractivity contribution in [3.8, 4) is 0 Å². The molecule has 2 aromatic carbocycles. The van der Waals surface area contributed by atoms with Crippen molar-refractivity contribution in [1.82, 2.24) is 0 Å². The standard InChI is InChI=1S/C18H15NO4/c1-18(16(20)22-12-13-8-4-2-5-9-13)17(21)23-15(19-18)14-10-6-3-7-11-14/h2-11H,12H2,1H3/t18-/m0/s1. The number of carbonyl (C=O) groups excluding carboxylic acids is 2. The summed E-state index contributed by atoms with van der Waals surface area (Å²) < 4.78 is 10.4. The lowest BCUT2D eigenvalue weighted by Gasteiger charge is -2.14. The molecule has 5 nitrogen and oxygen atoms in total. The van der Waals surface area contributed by atoms with Crippen LogP contribution in [0.15, 0.2) is 65.7 Å². The molecule has 0 spiro atoms. The highest BCUT2D eigenvalue weighted by atomic mass is 16.6. The van der Waals surface area contributed by atoms with Crippen molar-refractivity contribution in [2.24, 2.45) is 4.99 Å². The average Bonchev–Trinajstić information content (AvgIpc) is 2.91. The maximum absolute atomic E-state index is 12.3. The predicted molar refractivity (Wildman–Crippen MR) is 83.7 cm³/mol. The van der Waals surface area contributed by atoms with Gasteiger partial charge in [0.1, 0.15) is 6.61 Å². The number of carbonyl (C=O) groups is 2. The summed E-state index contributed by atoms with van der Waals surface area (Å²) in [5.74, 6) is -1.32. The zero-order valence-electron chi connectivity index (χ0n) is 12.6. The summed E-state index contributed by atoms with van der Waals surface area (Å²) in [6, 6.07) is 18.2. The highest BCUT2D eigenvalue weighted by molar-refractivity contribution is 6.16. The number of aliphatic imine (C=N–C) groups is 1. The second-order valence-electron chi connectivity index (χ2n) is 5.31. The molecule has 2 aromatic rings. The third-order valence-electron chi connectivity index (χ3n) is 3.54. The topological polar surface area (TPSA) is 65.0 Å². The van der Waals surface area contributed by atoms with Gasteiger partial charge in [0.2, 0.25) is 5.90 Å². The number of hydrogen-bond acceptors (Lipinski definition) is 5. The van der Waals surface area contributed by atoms with E-state index in [9.17, 15) is 9.59 Å². The Kier molecular flexibility index (Phi) is 3.93. The summed E-state index contributed by atoms with van der Waals surface area (Å²) in [6.07, 6.45) is 0. The van der Waals surface area contributed by atoms with Gasteiger partial charge in [-0.15, -0.1) is 0 Å². The molecule has 116 valence electrons. The van der Waals surface area contributed by atoms with Crippen molar-refractivity contribution < 1.29 is 19.1 Å². The number of cyclic esters (lactones) is 1. The smallest absolute Gasteiger partial charge is 0.352 e. The normalized spacial score (nSPS) is 19.9. The molecule has 3 rings (SSSR count). The maximum Gasteiger partial charge on any atom is 0.352 e. The summed E-state index contributed by atoms with van der Waals surface area (Å²) in [7, 11) is 0. The van der Waals surface area contributed by atoms with Crippen LogP contribution in [-0.2, 0) is 25.7 Å². The predicted octanol–water partition coefficient (Wildman–Crippen LogP) is 2.49. The lowest BCUT2D eigenvalue weighted by molar-refractivity contribution is -0.158. The van der Waals surface area contributed by atoms with E-state index in [0.29, 0.717) is 5.56 Å². The second kappa shape index (κ2) is 6.04. The van der Waals surface area contributed by atoms with Gasteiger partial charge >= 0.3 is 11.9 Å². The first kappa shape index (κ1) is 15.0. The SMILES string of the molecule is C[C@@]1(C(=O)OCc2ccccc2)N=C(c2ccccc2)OC1=O. The van der Waals surface area contributed by atoms with Gasteiger partial charge in [-0.25, -0.2) is 14.6 Å². The first-order chi connectivity index (χ1) is 11.1. The molecule has 1 heterocycles. The van der Waals surface area contributed by atoms with Gasteiger partial charge in [-0.1, -0.05) is 48.5 Å². The van der Waals surface area contributed by atoms with E-state index in [-0.39, 0.29) is 12.5 Å². The van der Waals surface area contributed by atoms with Crippen LogP contribution in [-0.4, -0.2) is 23.4 Å². The van der Waals surface area contributed by atoms with Gasteiger partial charge in [0.05, 0.1) is 0 Å². The Bertz CT molecular complexity index is 755. The first-order valence-corrected chi connectivity index (χ1v) is 7.18. The van der Waals surface area contributed by atoms with Gasteiger partial charge in [-0.3, -0.25) is 0 Å². The third-order valence-corrected chi connectivity index (χ3v) is 3.54. The Morgan fingerprint density at radius 2 is 1.70 bits per heavy atom. The van der Waals surface area contributed by atoms with Crippen LogP contribution < -0.4 is 0 Å². The van der Waals surface area contributed by atoms with Crippen LogP contribution in [0.25, 0.3) is 0 Å². The molecule has 0 saturated heterocycles. The second-order valence-corrected chi connectivity index (χ2v) is 5.31. The molecule has 1 aliphatic heterocycles. The fourth-order valence-corrected chi connectivity index (χ4v) is 2.16. The number of ether oxygens (including phenoxy) is 2. The molecule has 0 amide bonds. The minimum absolute atomic E-state index is 0.0821. The van der Waals surface area contributed by atoms with E-state index in [2.05, 4.69) is 4.99 Å². The largest absolute Gasteiger partial charge is 0.459 e. The van der Waals surface area contributed by atoms with Crippen LogP contribution in [0.2, 0.25) is 0 Å². The molecule has 0 unspecified atom stereocenters. The van der Waals surface area contributed by atoms with Crippen LogP contribution in [0.5, 0.6) is 0 Å². The number of benzene rings is 2. The van der Waals surface area contributed by atoms with Gasteiger partial charge in [0.15, 0.2) is 0 Å². The Balaban J connectivity index is 1.76. The third kappa shape index (κ3) is 2.99. The van der Waals surface area contributed by atoms with Crippen LogP contribution in [0.3, 0.4) is 0 Å². The summed E-state index contributed by atoms with van der Waals surface area (Å²) in [6.45, 7) is 1.48. The number of rotatable bonds is 4. The van der Waals surface area contributed by atoms with Crippen molar-refractivity contribution in [3.05, 3.63) is 71.8 Å². The Morgan fingerprint density at radius 1 is 1.09 bits per heavy atom. The molecule has 0 saturated carbocycles. The van der Waals surface area contributed by atoms with Crippen LogP contribution >= 0.6 is 0 Å². The fourth-order valence-electron chi connectivity index (χ4n) is 2.16. The van der Waals surface area contributed by atoms with Gasteiger partial charge in [0, 0.05) is 5.56 Å². The van der Waals surface area contributed by atoms with Gasteiger partial charge in [-0.05, 0) is 24.6 Å². The Morgan fingerprint density at radius 3 is 2.35 bits per heavy atom. The number of esters is 2. The summed E-state index contributed by atoms with van der Waals surface area (Å²) >= 11 is 0. The number of nitrogens with zero attached hydrogens (tertiary/aromatic N) is 1. The Hall–Kier alpha value is -2.95. The molecule has 0 aromatic heterocycles. The van der Waals surface area contributed by atoms with Crippen molar-refractivity contribution in [2.45, 2.75) is 19.1 Å². The summed E-state index contributed by atoms with van der Waals surface area (Å²) in [5.41, 5.74) is -0.191. The molecule has 0 aliphatic carbocycles. The molecule has 5 heteroatoms. The van der Waals surface area contributed by atoms with Gasteiger partial charge in [0.25, 0.3) is 5.54 Å². The van der Waals surface area contributed by atoms with E-state index < -0.39 is 17.5 Å². The van der Waals surface area contributed by atoms with Crippen LogP contribution in [0.1, 0.15) is 18.1 Å². The van der Waals surface area contributed by atoms with Crippen LogP contribution in [0.4, 0.5) is 0 Å². The molecule has 0 bridgehead atoms. The van der Waals surface area contributed by atoms with E-state index in [1.165, 1.54) is 6.92 Å². The van der Waals surface area contributed by atoms with Gasteiger partial charge in [-0.2, -0.15) is 0 Å². The van der Waals surface area contributed by atoms with E-state index in [0.717, 1.165) is 5.56 Å². The molecule has 23 heavy (non-hydrogen) atoms. The van der Waals surface area contributed by atoms with Crippen molar-refractivity contribution in [1.29, 1.82) is 0 Å². The van der Waals surface area contributed by atoms with E-state index in [1.54, 1.807) is 24.3 Å². The molecule has 1 aliphatic rings. The zero-order chi connectivity index (χ0) is 16.3. The molecular formula is C18H15NO4. The zero-order valence-corrected chi connectivity index (χ0v) is 12.6. The van der Waals surface area contributed by atoms with E-state index >= 15 is 0 Å². The van der Waals surface area contributed by atoms with E-state index in [1.807, 2.05) is 36.4 Å². The van der Waals surface area contributed by atoms with Crippen molar-refractivity contribution >= 4 is 17.8 Å². The molecular weight excluding hydrogens is 294 g/mol. The Labute approximate surface area is 133 Å². The molecule has 0 fully saturated rings. The molecule has 1 atom stereocenters.